The minimum Gasteiger partial charge on any atom is -0.489 e. The number of benzene rings is 2. The average molecular weight is 391 g/mol. The van der Waals surface area contributed by atoms with Crippen molar-refractivity contribution < 1.29 is 4.74 Å². The first-order valence-corrected chi connectivity index (χ1v) is 13.0. The lowest BCUT2D eigenvalue weighted by atomic mass is 9.86. The van der Waals surface area contributed by atoms with Gasteiger partial charge in [0, 0.05) is 0 Å². The summed E-state index contributed by atoms with van der Waals surface area (Å²) < 4.78 is 6.39. The Morgan fingerprint density at radius 1 is 1.04 bits per heavy atom. The lowest BCUT2D eigenvalue weighted by molar-refractivity contribution is 0.354. The van der Waals surface area contributed by atoms with Crippen LogP contribution >= 0.6 is 0 Å². The zero-order valence-corrected chi connectivity index (χ0v) is 19.1. The number of fused-ring (bicyclic) bond motifs is 1. The molecule has 0 aliphatic heterocycles. The Morgan fingerprint density at radius 2 is 1.71 bits per heavy atom. The Labute approximate surface area is 172 Å². The second-order valence-corrected chi connectivity index (χ2v) is 13.5. The lowest BCUT2D eigenvalue weighted by Gasteiger charge is -2.36. The molecule has 0 heterocycles. The van der Waals surface area contributed by atoms with E-state index in [9.17, 15) is 0 Å². The van der Waals surface area contributed by atoms with Crippen LogP contribution in [0.3, 0.4) is 0 Å². The fourth-order valence-electron chi connectivity index (χ4n) is 4.67. The third-order valence-electron chi connectivity index (χ3n) is 6.23. The molecule has 1 aliphatic rings. The standard InChI is InChI=1S/C26H34OSi/c1-7-19-27-25-22(26(4,5)6)16-12-18-24(25)28(8-2,9-3)23-17-11-14-20-13-10-15-21(20)23/h7,10-12,14-18H,1,8-9,13,19H2,2-6H3. The average Bonchev–Trinajstić information content (AvgIpc) is 3.16. The fraction of sp³-hybridized carbons (Fsp3) is 0.385. The van der Waals surface area contributed by atoms with Crippen LogP contribution in [0.4, 0.5) is 0 Å². The highest BCUT2D eigenvalue weighted by Crippen LogP contribution is 2.34. The summed E-state index contributed by atoms with van der Waals surface area (Å²) in [6.07, 6.45) is 7.56. The molecule has 2 aromatic carbocycles. The molecule has 148 valence electrons. The second-order valence-electron chi connectivity index (χ2n) is 8.81. The molecule has 0 bridgehead atoms. The number of para-hydroxylation sites is 1. The number of allylic oxidation sites excluding steroid dienone is 1. The number of ether oxygens (including phenoxy) is 1. The molecule has 0 fully saturated rings. The van der Waals surface area contributed by atoms with Crippen molar-refractivity contribution in [1.29, 1.82) is 0 Å². The highest BCUT2D eigenvalue weighted by molar-refractivity contribution is 7.03. The summed E-state index contributed by atoms with van der Waals surface area (Å²) in [6.45, 7) is 16.0. The predicted octanol–water partition coefficient (Wildman–Crippen LogP) is 5.72. The van der Waals surface area contributed by atoms with Crippen molar-refractivity contribution in [2.24, 2.45) is 0 Å². The molecule has 0 atom stereocenters. The van der Waals surface area contributed by atoms with Crippen LogP contribution < -0.4 is 15.1 Å². The number of rotatable bonds is 7. The first-order chi connectivity index (χ1) is 13.4. The van der Waals surface area contributed by atoms with E-state index in [4.69, 9.17) is 4.74 Å². The van der Waals surface area contributed by atoms with E-state index in [1.807, 2.05) is 6.08 Å². The van der Waals surface area contributed by atoms with E-state index < -0.39 is 8.07 Å². The van der Waals surface area contributed by atoms with E-state index in [-0.39, 0.29) is 5.41 Å². The monoisotopic (exact) mass is 390 g/mol. The van der Waals surface area contributed by atoms with Gasteiger partial charge in [0.05, 0.1) is 0 Å². The summed E-state index contributed by atoms with van der Waals surface area (Å²) in [4.78, 5) is 0. The maximum absolute atomic E-state index is 6.39. The van der Waals surface area contributed by atoms with Crippen LogP contribution in [-0.4, -0.2) is 14.7 Å². The molecule has 0 amide bonds. The molecule has 3 rings (SSSR count). The van der Waals surface area contributed by atoms with Crippen LogP contribution in [-0.2, 0) is 11.8 Å². The van der Waals surface area contributed by atoms with E-state index in [0.29, 0.717) is 6.61 Å². The molecular weight excluding hydrogens is 356 g/mol. The quantitative estimate of drug-likeness (QED) is 0.434. The molecule has 1 nitrogen and oxygen atoms in total. The summed E-state index contributed by atoms with van der Waals surface area (Å²) >= 11 is 0. The maximum Gasteiger partial charge on any atom is 0.123 e. The Morgan fingerprint density at radius 3 is 2.36 bits per heavy atom. The van der Waals surface area contributed by atoms with E-state index in [1.54, 1.807) is 5.19 Å². The van der Waals surface area contributed by atoms with Gasteiger partial charge in [-0.2, -0.15) is 0 Å². The van der Waals surface area contributed by atoms with Crippen LogP contribution in [0.15, 0.2) is 55.1 Å². The van der Waals surface area contributed by atoms with Gasteiger partial charge in [0.1, 0.15) is 20.4 Å². The van der Waals surface area contributed by atoms with Crippen molar-refractivity contribution >= 4 is 24.5 Å². The molecule has 2 aromatic rings. The minimum atomic E-state index is -1.97. The van der Waals surface area contributed by atoms with Gasteiger partial charge in [0.25, 0.3) is 0 Å². The van der Waals surface area contributed by atoms with Crippen molar-refractivity contribution in [1.82, 2.24) is 0 Å². The summed E-state index contributed by atoms with van der Waals surface area (Å²) in [6, 6.07) is 16.1. The summed E-state index contributed by atoms with van der Waals surface area (Å²) in [5.41, 5.74) is 4.27. The van der Waals surface area contributed by atoms with Crippen molar-refractivity contribution in [3.63, 3.8) is 0 Å². The third kappa shape index (κ3) is 3.51. The highest BCUT2D eigenvalue weighted by atomic mass is 28.3. The van der Waals surface area contributed by atoms with Gasteiger partial charge in [-0.05, 0) is 38.9 Å². The zero-order chi connectivity index (χ0) is 20.4. The predicted molar refractivity (Wildman–Crippen MR) is 126 cm³/mol. The van der Waals surface area contributed by atoms with Gasteiger partial charge in [0.15, 0.2) is 0 Å². The molecule has 2 heteroatoms. The normalized spacial score (nSPS) is 13.5. The second kappa shape index (κ2) is 8.12. The van der Waals surface area contributed by atoms with Gasteiger partial charge in [-0.1, -0.05) is 108 Å². The van der Waals surface area contributed by atoms with Gasteiger partial charge in [0.2, 0.25) is 0 Å². The van der Waals surface area contributed by atoms with Crippen molar-refractivity contribution in [3.05, 3.63) is 71.8 Å². The number of hydrogen-bond acceptors (Lipinski definition) is 1. The van der Waals surface area contributed by atoms with Crippen LogP contribution in [0.2, 0.25) is 12.1 Å². The van der Waals surface area contributed by atoms with Crippen molar-refractivity contribution in [3.8, 4) is 5.75 Å². The smallest absolute Gasteiger partial charge is 0.123 e. The SMILES string of the molecule is C=CCOc1c(C(C)(C)C)cccc1[Si](CC)(CC)c1cccc2c1C=CC2. The molecule has 0 saturated carbocycles. The van der Waals surface area contributed by atoms with Gasteiger partial charge in [-0.25, -0.2) is 0 Å². The summed E-state index contributed by atoms with van der Waals surface area (Å²) in [5, 5.41) is 3.01. The molecule has 0 radical (unpaired) electrons. The molecule has 28 heavy (non-hydrogen) atoms. The molecule has 0 spiro atoms. The lowest BCUT2D eigenvalue weighted by Crippen LogP contribution is -2.58. The Balaban J connectivity index is 2.30. The first kappa shape index (κ1) is 20.7. The van der Waals surface area contributed by atoms with Crippen molar-refractivity contribution in [2.45, 2.75) is 58.5 Å². The van der Waals surface area contributed by atoms with E-state index in [2.05, 4.69) is 89.7 Å². The molecule has 0 aromatic heterocycles. The molecule has 0 unspecified atom stereocenters. The van der Waals surface area contributed by atoms with Crippen LogP contribution in [0.5, 0.6) is 5.75 Å². The van der Waals surface area contributed by atoms with Gasteiger partial charge >= 0.3 is 0 Å². The van der Waals surface area contributed by atoms with Gasteiger partial charge < -0.3 is 4.74 Å². The molecule has 0 saturated heterocycles. The molecule has 0 N–H and O–H groups in total. The maximum atomic E-state index is 6.39. The third-order valence-corrected chi connectivity index (χ3v) is 11.5. The van der Waals surface area contributed by atoms with E-state index in [1.165, 1.54) is 34.0 Å². The molecular formula is C26H34OSi. The Kier molecular flexibility index (Phi) is 6.00. The van der Waals surface area contributed by atoms with Crippen LogP contribution in [0.1, 0.15) is 51.3 Å². The van der Waals surface area contributed by atoms with Gasteiger partial charge in [-0.3, -0.25) is 0 Å². The summed E-state index contributed by atoms with van der Waals surface area (Å²) in [5.74, 6) is 1.10. The van der Waals surface area contributed by atoms with Gasteiger partial charge in [-0.15, -0.1) is 0 Å². The Hall–Kier alpha value is -2.06. The largest absolute Gasteiger partial charge is 0.489 e. The first-order valence-electron chi connectivity index (χ1n) is 10.6. The summed E-state index contributed by atoms with van der Waals surface area (Å²) in [7, 11) is -1.97. The Bertz CT molecular complexity index is 882. The van der Waals surface area contributed by atoms with Crippen molar-refractivity contribution in [2.75, 3.05) is 6.61 Å². The minimum absolute atomic E-state index is 0.0344. The van der Waals surface area contributed by atoms with E-state index in [0.717, 1.165) is 12.2 Å². The van der Waals surface area contributed by atoms with E-state index >= 15 is 0 Å². The van der Waals surface area contributed by atoms with Crippen LogP contribution in [0, 0.1) is 0 Å². The number of hydrogen-bond donors (Lipinski definition) is 0. The topological polar surface area (TPSA) is 9.23 Å². The fourth-order valence-corrected chi connectivity index (χ4v) is 9.21. The highest BCUT2D eigenvalue weighted by Gasteiger charge is 2.39. The molecule has 1 aliphatic carbocycles. The zero-order valence-electron chi connectivity index (χ0n) is 18.1. The van der Waals surface area contributed by atoms with Crippen LogP contribution in [0.25, 0.3) is 6.08 Å².